The maximum atomic E-state index is 13.1. The summed E-state index contributed by atoms with van der Waals surface area (Å²) in [7, 11) is 1.99. The number of nitrogens with zero attached hydrogens (tertiary/aromatic N) is 3. The van der Waals surface area contributed by atoms with E-state index in [4.69, 9.17) is 0 Å². The number of carbonyl (C=O) groups is 1. The first-order valence-electron chi connectivity index (χ1n) is 9.22. The van der Waals surface area contributed by atoms with Gasteiger partial charge in [0.25, 0.3) is 0 Å². The third kappa shape index (κ3) is 2.69. The highest BCUT2D eigenvalue weighted by molar-refractivity contribution is 7.99. The molecule has 4 bridgehead atoms. The summed E-state index contributed by atoms with van der Waals surface area (Å²) in [5, 5.41) is 11.5. The number of hydrogen-bond donors (Lipinski definition) is 0. The van der Waals surface area contributed by atoms with Gasteiger partial charge in [0.15, 0.2) is 11.0 Å². The summed E-state index contributed by atoms with van der Waals surface area (Å²) < 4.78 is 2.02. The van der Waals surface area contributed by atoms with E-state index in [1.54, 1.807) is 23.1 Å². The van der Waals surface area contributed by atoms with Gasteiger partial charge in [0.05, 0.1) is 10.6 Å². The van der Waals surface area contributed by atoms with Gasteiger partial charge in [-0.1, -0.05) is 17.8 Å². The van der Waals surface area contributed by atoms with Crippen LogP contribution in [-0.2, 0) is 11.8 Å². The summed E-state index contributed by atoms with van der Waals surface area (Å²) in [6, 6.07) is 4.09. The molecule has 6 rings (SSSR count). The molecule has 132 valence electrons. The Morgan fingerprint density at radius 3 is 2.52 bits per heavy atom. The average Bonchev–Trinajstić information content (AvgIpc) is 3.21. The van der Waals surface area contributed by atoms with E-state index in [-0.39, 0.29) is 5.41 Å². The molecule has 0 aromatic carbocycles. The molecule has 4 fully saturated rings. The molecular formula is C19H23N3OS2. The van der Waals surface area contributed by atoms with E-state index >= 15 is 0 Å². The zero-order chi connectivity index (χ0) is 17.0. The fraction of sp³-hybridized carbons (Fsp3) is 0.632. The Bertz CT molecular complexity index is 760. The third-order valence-electron chi connectivity index (χ3n) is 6.54. The standard InChI is InChI=1S/C19H23N3OS2/c1-22-17(15-3-2-4-24-15)20-21-18(22)25-11-16(23)19-8-12-5-13(9-19)7-14(6-12)10-19/h2-4,12-14H,5-11H2,1H3. The van der Waals surface area contributed by atoms with Gasteiger partial charge in [-0.3, -0.25) is 4.79 Å². The zero-order valence-electron chi connectivity index (χ0n) is 14.5. The van der Waals surface area contributed by atoms with Crippen LogP contribution in [0.15, 0.2) is 22.7 Å². The van der Waals surface area contributed by atoms with E-state index in [0.717, 1.165) is 52.9 Å². The summed E-state index contributed by atoms with van der Waals surface area (Å²) in [6.45, 7) is 0. The fourth-order valence-electron chi connectivity index (χ4n) is 5.80. The van der Waals surface area contributed by atoms with Gasteiger partial charge in [0, 0.05) is 12.5 Å². The number of ketones is 1. The molecule has 25 heavy (non-hydrogen) atoms. The number of Topliss-reactive ketones (excluding diaryl/α,β-unsaturated/α-hetero) is 1. The molecule has 6 heteroatoms. The molecule has 0 N–H and O–H groups in total. The van der Waals surface area contributed by atoms with Gasteiger partial charge in [-0.25, -0.2) is 0 Å². The Morgan fingerprint density at radius 2 is 1.92 bits per heavy atom. The first kappa shape index (κ1) is 16.1. The summed E-state index contributed by atoms with van der Waals surface area (Å²) in [6.07, 6.45) is 7.60. The van der Waals surface area contributed by atoms with Crippen molar-refractivity contribution in [3.63, 3.8) is 0 Å². The minimum Gasteiger partial charge on any atom is -0.304 e. The predicted octanol–water partition coefficient (Wildman–Crippen LogP) is 4.42. The van der Waals surface area contributed by atoms with Gasteiger partial charge in [0.1, 0.15) is 5.78 Å². The molecule has 0 radical (unpaired) electrons. The Morgan fingerprint density at radius 1 is 1.24 bits per heavy atom. The first-order valence-corrected chi connectivity index (χ1v) is 11.1. The van der Waals surface area contributed by atoms with Crippen LogP contribution in [-0.4, -0.2) is 26.3 Å². The monoisotopic (exact) mass is 373 g/mol. The van der Waals surface area contributed by atoms with Crippen LogP contribution < -0.4 is 0 Å². The van der Waals surface area contributed by atoms with Gasteiger partial charge >= 0.3 is 0 Å². The van der Waals surface area contributed by atoms with Crippen molar-refractivity contribution in [2.24, 2.45) is 30.2 Å². The smallest absolute Gasteiger partial charge is 0.191 e. The van der Waals surface area contributed by atoms with Crippen molar-refractivity contribution in [1.29, 1.82) is 0 Å². The van der Waals surface area contributed by atoms with Crippen molar-refractivity contribution >= 4 is 28.9 Å². The second kappa shape index (κ2) is 5.95. The number of rotatable bonds is 5. The lowest BCUT2D eigenvalue weighted by atomic mass is 9.48. The van der Waals surface area contributed by atoms with Crippen molar-refractivity contribution in [1.82, 2.24) is 14.8 Å². The minimum absolute atomic E-state index is 0.00305. The molecule has 0 atom stereocenters. The van der Waals surface area contributed by atoms with E-state index in [1.165, 1.54) is 19.3 Å². The quantitative estimate of drug-likeness (QED) is 0.728. The molecule has 2 aromatic heterocycles. The highest BCUT2D eigenvalue weighted by atomic mass is 32.2. The fourth-order valence-corrected chi connectivity index (χ4v) is 7.49. The van der Waals surface area contributed by atoms with Crippen molar-refractivity contribution in [3.05, 3.63) is 17.5 Å². The van der Waals surface area contributed by atoms with Crippen molar-refractivity contribution in [3.8, 4) is 10.7 Å². The van der Waals surface area contributed by atoms with Crippen LogP contribution >= 0.6 is 23.1 Å². The van der Waals surface area contributed by atoms with Crippen molar-refractivity contribution in [2.45, 2.75) is 43.7 Å². The molecule has 0 unspecified atom stereocenters. The Kier molecular flexibility index (Phi) is 3.82. The molecule has 0 amide bonds. The molecule has 0 spiro atoms. The molecule has 4 saturated carbocycles. The van der Waals surface area contributed by atoms with Crippen LogP contribution in [0.3, 0.4) is 0 Å². The predicted molar refractivity (Wildman–Crippen MR) is 101 cm³/mol. The van der Waals surface area contributed by atoms with Gasteiger partial charge in [-0.2, -0.15) is 0 Å². The van der Waals surface area contributed by atoms with Crippen molar-refractivity contribution in [2.75, 3.05) is 5.75 Å². The minimum atomic E-state index is -0.00305. The Balaban J connectivity index is 1.30. The second-order valence-electron chi connectivity index (χ2n) is 8.25. The summed E-state index contributed by atoms with van der Waals surface area (Å²) >= 11 is 3.23. The van der Waals surface area contributed by atoms with Crippen LogP contribution in [0.2, 0.25) is 0 Å². The maximum Gasteiger partial charge on any atom is 0.191 e. The molecule has 4 aliphatic carbocycles. The van der Waals surface area contributed by atoms with Gasteiger partial charge in [-0.15, -0.1) is 21.5 Å². The van der Waals surface area contributed by atoms with E-state index < -0.39 is 0 Å². The normalized spacial score (nSPS) is 33.1. The van der Waals surface area contributed by atoms with Crippen LogP contribution in [0.1, 0.15) is 38.5 Å². The van der Waals surface area contributed by atoms with Crippen LogP contribution in [0, 0.1) is 23.2 Å². The van der Waals surface area contributed by atoms with Gasteiger partial charge in [-0.05, 0) is 67.7 Å². The zero-order valence-corrected chi connectivity index (χ0v) is 16.1. The molecular weight excluding hydrogens is 350 g/mol. The lowest BCUT2D eigenvalue weighted by molar-refractivity contribution is -0.141. The van der Waals surface area contributed by atoms with Crippen LogP contribution in [0.25, 0.3) is 10.7 Å². The number of carbonyl (C=O) groups excluding carboxylic acids is 1. The molecule has 0 aliphatic heterocycles. The van der Waals surface area contributed by atoms with Crippen molar-refractivity contribution < 1.29 is 4.79 Å². The Hall–Kier alpha value is -1.14. The summed E-state index contributed by atoms with van der Waals surface area (Å²) in [4.78, 5) is 14.3. The topological polar surface area (TPSA) is 47.8 Å². The molecule has 4 aliphatic rings. The highest BCUT2D eigenvalue weighted by Crippen LogP contribution is 2.60. The number of aromatic nitrogens is 3. The maximum absolute atomic E-state index is 13.1. The van der Waals surface area contributed by atoms with Crippen LogP contribution in [0.5, 0.6) is 0 Å². The third-order valence-corrected chi connectivity index (χ3v) is 8.42. The molecule has 4 nitrogen and oxygen atoms in total. The molecule has 0 saturated heterocycles. The Labute approximate surface area is 156 Å². The number of thiophene rings is 1. The lowest BCUT2D eigenvalue weighted by Crippen LogP contribution is -2.50. The first-order chi connectivity index (χ1) is 12.1. The second-order valence-corrected chi connectivity index (χ2v) is 10.1. The van der Waals surface area contributed by atoms with E-state index in [9.17, 15) is 4.79 Å². The van der Waals surface area contributed by atoms with Gasteiger partial charge < -0.3 is 4.57 Å². The van der Waals surface area contributed by atoms with E-state index in [2.05, 4.69) is 16.3 Å². The van der Waals surface area contributed by atoms with Crippen LogP contribution in [0.4, 0.5) is 0 Å². The summed E-state index contributed by atoms with van der Waals surface area (Å²) in [5.41, 5.74) is -0.00305. The number of thioether (sulfide) groups is 1. The number of hydrogen-bond acceptors (Lipinski definition) is 5. The largest absolute Gasteiger partial charge is 0.304 e. The SMILES string of the molecule is Cn1c(SCC(=O)C23CC4CC(CC(C4)C2)C3)nnc1-c1cccs1. The highest BCUT2D eigenvalue weighted by Gasteiger charge is 2.54. The van der Waals surface area contributed by atoms with E-state index in [1.807, 2.05) is 23.1 Å². The van der Waals surface area contributed by atoms with Gasteiger partial charge in [0.2, 0.25) is 0 Å². The summed E-state index contributed by atoms with van der Waals surface area (Å²) in [5.74, 6) is 4.36. The molecule has 2 aromatic rings. The lowest BCUT2D eigenvalue weighted by Gasteiger charge is -2.56. The molecule has 2 heterocycles. The average molecular weight is 374 g/mol. The van der Waals surface area contributed by atoms with E-state index in [0.29, 0.717) is 11.5 Å².